The number of carbonyl (C=O) groups is 2. The lowest BCUT2D eigenvalue weighted by atomic mass is 10.1. The summed E-state index contributed by atoms with van der Waals surface area (Å²) in [6.07, 6.45) is 2.05. The molecule has 1 aliphatic heterocycles. The molecule has 0 atom stereocenters. The van der Waals surface area contributed by atoms with Crippen LogP contribution in [0.3, 0.4) is 0 Å². The number of hydrogen-bond donors (Lipinski definition) is 3. The fourth-order valence-electron chi connectivity index (χ4n) is 3.03. The zero-order chi connectivity index (χ0) is 21.5. The van der Waals surface area contributed by atoms with Gasteiger partial charge in [0.1, 0.15) is 18.2 Å². The largest absolute Gasteiger partial charge is 0.463 e. The Morgan fingerprint density at radius 2 is 1.97 bits per heavy atom. The molecule has 0 bridgehead atoms. The molecule has 0 radical (unpaired) electrons. The van der Waals surface area contributed by atoms with Gasteiger partial charge >= 0.3 is 6.01 Å². The van der Waals surface area contributed by atoms with Crippen molar-refractivity contribution in [3.63, 3.8) is 0 Å². The highest BCUT2D eigenvalue weighted by molar-refractivity contribution is 6.01. The van der Waals surface area contributed by atoms with Crippen LogP contribution in [0.2, 0.25) is 0 Å². The third-order valence-electron chi connectivity index (χ3n) is 4.68. The quantitative estimate of drug-likeness (QED) is 0.383. The third kappa shape index (κ3) is 5.22. The number of rotatable bonds is 10. The first kappa shape index (κ1) is 21.5. The van der Waals surface area contributed by atoms with Gasteiger partial charge < -0.3 is 15.8 Å². The highest BCUT2D eigenvalue weighted by Gasteiger charge is 2.32. The Hall–Kier alpha value is -3.24. The van der Waals surface area contributed by atoms with Gasteiger partial charge in [-0.3, -0.25) is 19.3 Å². The number of carbonyl (C=O) groups excluding carboxylic acids is 2. The molecule has 0 unspecified atom stereocenters. The number of aromatic nitrogens is 2. The molecule has 30 heavy (non-hydrogen) atoms. The van der Waals surface area contributed by atoms with E-state index in [0.717, 1.165) is 24.0 Å². The van der Waals surface area contributed by atoms with Crippen LogP contribution in [0.25, 0.3) is 0 Å². The maximum atomic E-state index is 12.6. The van der Waals surface area contributed by atoms with Crippen LogP contribution >= 0.6 is 0 Å². The Labute approximate surface area is 174 Å². The number of fused-ring (bicyclic) bond motifs is 1. The van der Waals surface area contributed by atoms with Crippen LogP contribution in [0.4, 0.5) is 11.6 Å². The van der Waals surface area contributed by atoms with E-state index in [9.17, 15) is 9.59 Å². The topological polar surface area (TPSA) is 146 Å². The Morgan fingerprint density at radius 1 is 1.23 bits per heavy atom. The smallest absolute Gasteiger partial charge is 0.320 e. The van der Waals surface area contributed by atoms with Gasteiger partial charge in [0, 0.05) is 12.1 Å². The summed E-state index contributed by atoms with van der Waals surface area (Å²) in [5.74, 6) is 5.26. The maximum Gasteiger partial charge on any atom is 0.320 e. The van der Waals surface area contributed by atoms with Crippen LogP contribution in [0.15, 0.2) is 24.3 Å². The summed E-state index contributed by atoms with van der Waals surface area (Å²) in [5, 5.41) is 2.69. The summed E-state index contributed by atoms with van der Waals surface area (Å²) >= 11 is 0. The average Bonchev–Trinajstić information content (AvgIpc) is 3.04. The summed E-state index contributed by atoms with van der Waals surface area (Å²) in [6, 6.07) is 7.75. The standard InChI is InChI=1S/C20H26N6O4/c1-2-3-8-29-20-24-18(21)15-9-17(28)26(19(15)25-20)11-14-6-4-13(5-7-14)10-23-16(27)12-30-22/h4-7H,2-3,8-12,22H2,1H3,(H,23,27)(H2,21,24,25). The van der Waals surface area contributed by atoms with Crippen LogP contribution in [-0.4, -0.2) is 35.0 Å². The Balaban J connectivity index is 1.68. The van der Waals surface area contributed by atoms with Gasteiger partial charge in [-0.25, -0.2) is 5.90 Å². The van der Waals surface area contributed by atoms with Crippen molar-refractivity contribution in [1.29, 1.82) is 0 Å². The predicted molar refractivity (Wildman–Crippen MR) is 110 cm³/mol. The van der Waals surface area contributed by atoms with Crippen molar-refractivity contribution in [1.82, 2.24) is 15.3 Å². The molecule has 2 heterocycles. The minimum atomic E-state index is -0.296. The van der Waals surface area contributed by atoms with Crippen LogP contribution in [0.5, 0.6) is 6.01 Å². The summed E-state index contributed by atoms with van der Waals surface area (Å²) in [5.41, 5.74) is 8.49. The average molecular weight is 414 g/mol. The molecule has 2 aromatic rings. The molecule has 0 spiro atoms. The minimum Gasteiger partial charge on any atom is -0.463 e. The zero-order valence-electron chi connectivity index (χ0n) is 16.9. The number of amides is 2. The molecule has 0 saturated heterocycles. The van der Waals surface area contributed by atoms with E-state index >= 15 is 0 Å². The van der Waals surface area contributed by atoms with Crippen molar-refractivity contribution in [2.24, 2.45) is 5.90 Å². The highest BCUT2D eigenvalue weighted by atomic mass is 16.6. The van der Waals surface area contributed by atoms with E-state index in [2.05, 4.69) is 27.0 Å². The normalized spacial score (nSPS) is 12.7. The molecule has 1 aromatic heterocycles. The number of hydrogen-bond acceptors (Lipinski definition) is 8. The third-order valence-corrected chi connectivity index (χ3v) is 4.68. The summed E-state index contributed by atoms with van der Waals surface area (Å²) in [7, 11) is 0. The lowest BCUT2D eigenvalue weighted by Crippen LogP contribution is -2.28. The number of anilines is 2. The molecule has 5 N–H and O–H groups in total. The minimum absolute atomic E-state index is 0.0881. The maximum absolute atomic E-state index is 12.6. The van der Waals surface area contributed by atoms with E-state index in [1.165, 1.54) is 0 Å². The summed E-state index contributed by atoms with van der Waals surface area (Å²) < 4.78 is 5.57. The number of benzene rings is 1. The number of ether oxygens (including phenoxy) is 1. The van der Waals surface area contributed by atoms with Crippen molar-refractivity contribution < 1.29 is 19.2 Å². The first-order chi connectivity index (χ1) is 14.5. The second-order valence-electron chi connectivity index (χ2n) is 6.96. The van der Waals surface area contributed by atoms with E-state index < -0.39 is 0 Å². The predicted octanol–water partition coefficient (Wildman–Crippen LogP) is 0.834. The number of nitrogens with one attached hydrogen (secondary N) is 1. The number of nitrogens with zero attached hydrogens (tertiary/aromatic N) is 3. The van der Waals surface area contributed by atoms with Gasteiger partial charge in [0.25, 0.3) is 0 Å². The monoisotopic (exact) mass is 414 g/mol. The van der Waals surface area contributed by atoms with Gasteiger partial charge in [-0.05, 0) is 17.5 Å². The summed E-state index contributed by atoms with van der Waals surface area (Å²) in [4.78, 5) is 38.4. The number of unbranched alkanes of at least 4 members (excludes halogenated alkanes) is 1. The first-order valence-corrected chi connectivity index (χ1v) is 9.77. The second kappa shape index (κ2) is 9.99. The van der Waals surface area contributed by atoms with Crippen LogP contribution in [-0.2, 0) is 33.9 Å². The van der Waals surface area contributed by atoms with Crippen molar-refractivity contribution in [3.05, 3.63) is 41.0 Å². The SMILES string of the molecule is CCCCOc1nc(N)c2c(n1)N(Cc1ccc(CNC(=O)CON)cc1)C(=O)C2. The van der Waals surface area contributed by atoms with Gasteiger partial charge in [0.2, 0.25) is 11.8 Å². The fourth-order valence-corrected chi connectivity index (χ4v) is 3.03. The van der Waals surface area contributed by atoms with Gasteiger partial charge in [-0.15, -0.1) is 0 Å². The molecular weight excluding hydrogens is 388 g/mol. The van der Waals surface area contributed by atoms with Crippen LogP contribution < -0.4 is 26.6 Å². The Morgan fingerprint density at radius 3 is 2.67 bits per heavy atom. The molecule has 160 valence electrons. The summed E-state index contributed by atoms with van der Waals surface area (Å²) in [6.45, 7) is 3.08. The van der Waals surface area contributed by atoms with E-state index in [0.29, 0.717) is 31.1 Å². The van der Waals surface area contributed by atoms with Gasteiger partial charge in [-0.2, -0.15) is 9.97 Å². The zero-order valence-corrected chi connectivity index (χ0v) is 16.9. The van der Waals surface area contributed by atoms with Crippen molar-refractivity contribution in [3.8, 4) is 6.01 Å². The van der Waals surface area contributed by atoms with Gasteiger partial charge in [0.05, 0.1) is 19.6 Å². The lowest BCUT2D eigenvalue weighted by Gasteiger charge is -2.17. The van der Waals surface area contributed by atoms with Gasteiger partial charge in [0.15, 0.2) is 0 Å². The molecule has 10 heteroatoms. The molecule has 1 aromatic carbocycles. The fraction of sp³-hybridized carbons (Fsp3) is 0.400. The molecule has 0 saturated carbocycles. The van der Waals surface area contributed by atoms with E-state index in [-0.39, 0.29) is 36.7 Å². The second-order valence-corrected chi connectivity index (χ2v) is 6.96. The molecule has 1 aliphatic rings. The van der Waals surface area contributed by atoms with Crippen molar-refractivity contribution >= 4 is 23.5 Å². The lowest BCUT2D eigenvalue weighted by molar-refractivity contribution is -0.126. The van der Waals surface area contributed by atoms with E-state index in [1.54, 1.807) is 4.90 Å². The molecule has 0 aliphatic carbocycles. The molecule has 0 fully saturated rings. The van der Waals surface area contributed by atoms with Crippen molar-refractivity contribution in [2.75, 3.05) is 23.8 Å². The Kier molecular flexibility index (Phi) is 7.15. The van der Waals surface area contributed by atoms with Crippen LogP contribution in [0, 0.1) is 0 Å². The van der Waals surface area contributed by atoms with Crippen LogP contribution in [0.1, 0.15) is 36.5 Å². The molecule has 2 amide bonds. The number of nitrogens with two attached hydrogens (primary N) is 2. The van der Waals surface area contributed by atoms with Crippen molar-refractivity contribution in [2.45, 2.75) is 39.3 Å². The highest BCUT2D eigenvalue weighted by Crippen LogP contribution is 2.33. The van der Waals surface area contributed by atoms with E-state index in [1.807, 2.05) is 24.3 Å². The molecular formula is C20H26N6O4. The van der Waals surface area contributed by atoms with Gasteiger partial charge in [-0.1, -0.05) is 37.6 Å². The molecule has 3 rings (SSSR count). The number of nitrogen functional groups attached to an aromatic ring is 1. The molecule has 10 nitrogen and oxygen atoms in total. The Bertz CT molecular complexity index is 903. The first-order valence-electron chi connectivity index (χ1n) is 9.77. The van der Waals surface area contributed by atoms with E-state index in [4.69, 9.17) is 16.4 Å².